The average Bonchev–Trinajstić information content (AvgIpc) is 2.29. The number of aromatic nitrogens is 1. The number of pyridine rings is 1. The molecule has 1 radical (unpaired) electrons. The molecule has 2 heteroatoms. The first kappa shape index (κ1) is 8.75. The minimum Gasteiger partial charge on any atom is -0.489 e. The number of ether oxygens (including phenoxy) is 1. The quantitative estimate of drug-likeness (QED) is 0.731. The number of rotatable bonds is 3. The fourth-order valence-electron chi connectivity index (χ4n) is 1.13. The summed E-state index contributed by atoms with van der Waals surface area (Å²) in [5.41, 5.74) is 1.16. The number of nitrogens with zero attached hydrogens (tertiary/aromatic N) is 1. The smallest absolute Gasteiger partial charge is 0.123 e. The van der Waals surface area contributed by atoms with E-state index in [-0.39, 0.29) is 0 Å². The van der Waals surface area contributed by atoms with Crippen molar-refractivity contribution in [3.8, 4) is 5.75 Å². The standard InChI is InChI=1S/C12H10NO/c1-2-4-11(5-3-1)10-14-12-6-8-13-9-7-12/h1-8H,10H2. The molecular formula is C12H10NO. The molecule has 0 N–H and O–H groups in total. The lowest BCUT2D eigenvalue weighted by molar-refractivity contribution is 0.306. The average molecular weight is 184 g/mol. The van der Waals surface area contributed by atoms with Crippen LogP contribution in [0.2, 0.25) is 0 Å². The summed E-state index contributed by atoms with van der Waals surface area (Å²) < 4.78 is 5.52. The van der Waals surface area contributed by atoms with Gasteiger partial charge in [-0.15, -0.1) is 0 Å². The largest absolute Gasteiger partial charge is 0.489 e. The Morgan fingerprint density at radius 2 is 2.00 bits per heavy atom. The number of hydrogen-bond acceptors (Lipinski definition) is 2. The van der Waals surface area contributed by atoms with Crippen LogP contribution in [0.3, 0.4) is 0 Å². The summed E-state index contributed by atoms with van der Waals surface area (Å²) >= 11 is 0. The molecule has 0 saturated carbocycles. The predicted octanol–water partition coefficient (Wildman–Crippen LogP) is 2.46. The lowest BCUT2D eigenvalue weighted by atomic mass is 10.2. The van der Waals surface area contributed by atoms with E-state index in [0.29, 0.717) is 6.61 Å². The van der Waals surface area contributed by atoms with Gasteiger partial charge in [-0.05, 0) is 11.6 Å². The molecular weight excluding hydrogens is 174 g/mol. The van der Waals surface area contributed by atoms with Crippen molar-refractivity contribution in [3.05, 3.63) is 60.4 Å². The van der Waals surface area contributed by atoms with Crippen LogP contribution in [0.25, 0.3) is 0 Å². The highest BCUT2D eigenvalue weighted by Gasteiger charge is 1.93. The van der Waals surface area contributed by atoms with Crippen molar-refractivity contribution in [3.63, 3.8) is 0 Å². The van der Waals surface area contributed by atoms with Crippen molar-refractivity contribution in [1.82, 2.24) is 4.98 Å². The molecule has 0 fully saturated rings. The second-order valence-electron chi connectivity index (χ2n) is 2.89. The topological polar surface area (TPSA) is 22.1 Å². The van der Waals surface area contributed by atoms with Crippen LogP contribution < -0.4 is 4.74 Å². The number of hydrogen-bond donors (Lipinski definition) is 0. The third kappa shape index (κ3) is 2.33. The summed E-state index contributed by atoms with van der Waals surface area (Å²) in [4.78, 5) is 3.80. The Kier molecular flexibility index (Phi) is 2.76. The van der Waals surface area contributed by atoms with E-state index in [1.54, 1.807) is 12.3 Å². The summed E-state index contributed by atoms with van der Waals surface area (Å²) in [5, 5.41) is 0. The third-order valence-corrected chi connectivity index (χ3v) is 1.84. The van der Waals surface area contributed by atoms with Gasteiger partial charge in [0.15, 0.2) is 0 Å². The van der Waals surface area contributed by atoms with E-state index in [4.69, 9.17) is 4.74 Å². The van der Waals surface area contributed by atoms with Gasteiger partial charge < -0.3 is 4.74 Å². The second kappa shape index (κ2) is 4.42. The van der Waals surface area contributed by atoms with Crippen LogP contribution in [0.5, 0.6) is 5.75 Å². The highest BCUT2D eigenvalue weighted by Crippen LogP contribution is 2.09. The Balaban J connectivity index is 1.96. The van der Waals surface area contributed by atoms with Crippen molar-refractivity contribution in [2.75, 3.05) is 0 Å². The molecule has 0 unspecified atom stereocenters. The first-order valence-corrected chi connectivity index (χ1v) is 4.44. The monoisotopic (exact) mass is 184 g/mol. The third-order valence-electron chi connectivity index (χ3n) is 1.84. The molecule has 0 saturated heterocycles. The first-order chi connectivity index (χ1) is 6.95. The molecule has 1 aromatic carbocycles. The molecule has 1 heterocycles. The molecule has 14 heavy (non-hydrogen) atoms. The van der Waals surface area contributed by atoms with Gasteiger partial charge in [0.25, 0.3) is 0 Å². The second-order valence-corrected chi connectivity index (χ2v) is 2.89. The van der Waals surface area contributed by atoms with E-state index < -0.39 is 0 Å². The van der Waals surface area contributed by atoms with Crippen LogP contribution in [0, 0.1) is 6.20 Å². The van der Waals surface area contributed by atoms with Crippen LogP contribution in [0.4, 0.5) is 0 Å². The van der Waals surface area contributed by atoms with Crippen LogP contribution in [-0.2, 0) is 6.61 Å². The van der Waals surface area contributed by atoms with E-state index in [1.807, 2.05) is 36.4 Å². The fourth-order valence-corrected chi connectivity index (χ4v) is 1.13. The van der Waals surface area contributed by atoms with Gasteiger partial charge in [-0.2, -0.15) is 0 Å². The molecule has 0 spiro atoms. The molecule has 0 bridgehead atoms. The zero-order valence-electron chi connectivity index (χ0n) is 7.68. The Hall–Kier alpha value is -1.83. The highest BCUT2D eigenvalue weighted by atomic mass is 16.5. The van der Waals surface area contributed by atoms with Gasteiger partial charge in [0.2, 0.25) is 0 Å². The van der Waals surface area contributed by atoms with E-state index in [1.165, 1.54) is 0 Å². The molecule has 0 amide bonds. The highest BCUT2D eigenvalue weighted by molar-refractivity contribution is 5.18. The molecule has 69 valence electrons. The van der Waals surface area contributed by atoms with Crippen LogP contribution in [-0.4, -0.2) is 4.98 Å². The Bertz CT molecular complexity index is 333. The minimum absolute atomic E-state index is 0.582. The zero-order valence-corrected chi connectivity index (χ0v) is 7.68. The molecule has 0 aliphatic heterocycles. The molecule has 2 nitrogen and oxygen atoms in total. The van der Waals surface area contributed by atoms with E-state index in [9.17, 15) is 0 Å². The van der Waals surface area contributed by atoms with Crippen molar-refractivity contribution in [2.24, 2.45) is 0 Å². The van der Waals surface area contributed by atoms with Gasteiger partial charge in [0.1, 0.15) is 12.4 Å². The van der Waals surface area contributed by atoms with Gasteiger partial charge in [-0.25, -0.2) is 0 Å². The van der Waals surface area contributed by atoms with E-state index in [0.717, 1.165) is 11.3 Å². The lowest BCUT2D eigenvalue weighted by Crippen LogP contribution is -1.94. The van der Waals surface area contributed by atoms with E-state index >= 15 is 0 Å². The Labute approximate surface area is 83.2 Å². The van der Waals surface area contributed by atoms with Gasteiger partial charge in [0, 0.05) is 12.3 Å². The lowest BCUT2D eigenvalue weighted by Gasteiger charge is -2.04. The molecule has 2 aromatic rings. The molecule has 2 rings (SSSR count). The number of benzene rings is 1. The normalized spacial score (nSPS) is 9.71. The Morgan fingerprint density at radius 3 is 2.71 bits per heavy atom. The minimum atomic E-state index is 0.582. The van der Waals surface area contributed by atoms with Crippen LogP contribution in [0.1, 0.15) is 5.56 Å². The van der Waals surface area contributed by atoms with Gasteiger partial charge in [-0.3, -0.25) is 4.98 Å². The van der Waals surface area contributed by atoms with E-state index in [2.05, 4.69) is 11.2 Å². The predicted molar refractivity (Wildman–Crippen MR) is 53.8 cm³/mol. The maximum atomic E-state index is 5.52. The fraction of sp³-hybridized carbons (Fsp3) is 0.0833. The van der Waals surface area contributed by atoms with Gasteiger partial charge in [0.05, 0.1) is 6.20 Å². The maximum absolute atomic E-state index is 5.52. The van der Waals surface area contributed by atoms with Crippen molar-refractivity contribution < 1.29 is 4.74 Å². The molecule has 1 aromatic heterocycles. The van der Waals surface area contributed by atoms with Gasteiger partial charge >= 0.3 is 0 Å². The van der Waals surface area contributed by atoms with Crippen LogP contribution >= 0.6 is 0 Å². The molecule has 0 atom stereocenters. The zero-order chi connectivity index (χ0) is 9.64. The van der Waals surface area contributed by atoms with Gasteiger partial charge in [-0.1, -0.05) is 30.3 Å². The van der Waals surface area contributed by atoms with Crippen molar-refractivity contribution >= 4 is 0 Å². The van der Waals surface area contributed by atoms with Crippen molar-refractivity contribution in [1.29, 1.82) is 0 Å². The molecule has 0 aliphatic rings. The Morgan fingerprint density at radius 1 is 1.14 bits per heavy atom. The maximum Gasteiger partial charge on any atom is 0.123 e. The van der Waals surface area contributed by atoms with Crippen LogP contribution in [0.15, 0.2) is 48.7 Å². The summed E-state index contributed by atoms with van der Waals surface area (Å²) in [7, 11) is 0. The summed E-state index contributed by atoms with van der Waals surface area (Å²) in [6.45, 7) is 0.582. The first-order valence-electron chi connectivity index (χ1n) is 4.44. The summed E-state index contributed by atoms with van der Waals surface area (Å²) in [5.74, 6) is 0.795. The molecule has 0 aliphatic carbocycles. The van der Waals surface area contributed by atoms with Crippen molar-refractivity contribution in [2.45, 2.75) is 6.61 Å². The summed E-state index contributed by atoms with van der Waals surface area (Å²) in [6, 6.07) is 13.6. The SMILES string of the molecule is [c]1cc(OCc2ccccc2)ccn1. The summed E-state index contributed by atoms with van der Waals surface area (Å²) in [6.07, 6.45) is 4.39.